The molecule has 10 heteroatoms. The van der Waals surface area contributed by atoms with E-state index in [2.05, 4.69) is 81.1 Å². The van der Waals surface area contributed by atoms with E-state index >= 15 is 0 Å². The number of carbonyl (C=O) groups is 2. The minimum absolute atomic E-state index is 0.0925. The van der Waals surface area contributed by atoms with Crippen LogP contribution in [0.4, 0.5) is 16.3 Å². The van der Waals surface area contributed by atoms with Crippen molar-refractivity contribution in [2.45, 2.75) is 57.7 Å². The number of morpholine rings is 1. The number of methoxy groups -OCH3 is 1. The van der Waals surface area contributed by atoms with E-state index in [0.717, 1.165) is 80.3 Å². The van der Waals surface area contributed by atoms with Gasteiger partial charge in [0.15, 0.2) is 0 Å². The van der Waals surface area contributed by atoms with E-state index in [1.165, 1.54) is 12.8 Å². The maximum atomic E-state index is 13.0. The Bertz CT molecular complexity index is 1560. The number of rotatable bonds is 9. The zero-order valence-electron chi connectivity index (χ0n) is 28.2. The summed E-state index contributed by atoms with van der Waals surface area (Å²) in [6.45, 7) is 7.00. The van der Waals surface area contributed by atoms with Crippen LogP contribution in [0.3, 0.4) is 0 Å². The molecule has 0 radical (unpaired) electrons. The van der Waals surface area contributed by atoms with Gasteiger partial charge in [-0.25, -0.2) is 9.78 Å². The normalized spacial score (nSPS) is 24.6. The van der Waals surface area contributed by atoms with Gasteiger partial charge in [-0.2, -0.15) is 0 Å². The first-order chi connectivity index (χ1) is 23.3. The molecule has 2 aliphatic carbocycles. The van der Waals surface area contributed by atoms with Crippen molar-refractivity contribution in [2.24, 2.45) is 23.5 Å². The summed E-state index contributed by atoms with van der Waals surface area (Å²) in [5.74, 6) is 1.31. The first-order valence-corrected chi connectivity index (χ1v) is 17.2. The second-order valence-electron chi connectivity index (χ2n) is 13.4. The van der Waals surface area contributed by atoms with Crippen LogP contribution in [0.25, 0.3) is 11.1 Å². The Balaban J connectivity index is 1.17. The van der Waals surface area contributed by atoms with E-state index in [1.54, 1.807) is 0 Å². The molecule has 48 heavy (non-hydrogen) atoms. The Labute approximate surface area is 283 Å². The van der Waals surface area contributed by atoms with Crippen molar-refractivity contribution in [1.29, 1.82) is 0 Å². The summed E-state index contributed by atoms with van der Waals surface area (Å²) >= 11 is 0. The SMILES string of the molecule is COC(=O)N[C@H](C(=O)NC1=CCC(C2CCC(C3C=CC(N)=CC3)N2c2ccc(-c3ccc(N4CCOCC4)nc3)cc2)C=C1)C(C)C. The third-order valence-electron chi connectivity index (χ3n) is 10.0. The molecular weight excluding hydrogens is 604 g/mol. The fraction of sp³-hybridized carbons (Fsp3) is 0.447. The molecule has 2 fully saturated rings. The number of aromatic nitrogens is 1. The number of allylic oxidation sites excluding steroid dienone is 4. The predicted molar refractivity (Wildman–Crippen MR) is 189 cm³/mol. The molecule has 2 aliphatic heterocycles. The standard InChI is InChI=1S/C38H48N6O4/c1-25(2)36(42-38(46)47-3)37(45)41-31-13-6-28(7-14-31)34-18-17-33(27-4-11-30(39)12-5-27)44(34)32-15-8-26(9-16-32)29-10-19-35(40-24-29)43-20-22-48-23-21-43/h4,6,8-16,19,24-25,27-28,33-34,36H,5,7,17-18,20-23,39H2,1-3H3,(H,41,45)(H,42,46)/t27?,28?,33?,34?,36-/m0/s1. The van der Waals surface area contributed by atoms with E-state index in [-0.39, 0.29) is 17.7 Å². The molecule has 4 N–H and O–H groups in total. The highest BCUT2D eigenvalue weighted by atomic mass is 16.5. The van der Waals surface area contributed by atoms with Crippen LogP contribution < -0.4 is 26.2 Å². The lowest BCUT2D eigenvalue weighted by molar-refractivity contribution is -0.123. The van der Waals surface area contributed by atoms with Gasteiger partial charge in [0.25, 0.3) is 0 Å². The van der Waals surface area contributed by atoms with Crippen LogP contribution in [0, 0.1) is 17.8 Å². The Hall–Kier alpha value is -4.57. The fourth-order valence-corrected chi connectivity index (χ4v) is 7.35. The lowest BCUT2D eigenvalue weighted by Gasteiger charge is -2.39. The van der Waals surface area contributed by atoms with Crippen LogP contribution in [-0.4, -0.2) is 68.5 Å². The number of nitrogens with two attached hydrogens (primary N) is 1. The number of hydrogen-bond donors (Lipinski definition) is 3. The maximum absolute atomic E-state index is 13.0. The number of pyridine rings is 1. The highest BCUT2D eigenvalue weighted by molar-refractivity contribution is 5.87. The molecule has 0 bridgehead atoms. The molecule has 0 saturated carbocycles. The summed E-state index contributed by atoms with van der Waals surface area (Å²) < 4.78 is 10.2. The lowest BCUT2D eigenvalue weighted by atomic mass is 9.89. The van der Waals surface area contributed by atoms with Crippen LogP contribution in [0.1, 0.15) is 39.5 Å². The lowest BCUT2D eigenvalue weighted by Crippen LogP contribution is -2.49. The van der Waals surface area contributed by atoms with Crippen molar-refractivity contribution in [3.05, 3.63) is 90.4 Å². The van der Waals surface area contributed by atoms with Crippen molar-refractivity contribution in [3.8, 4) is 11.1 Å². The molecule has 2 aromatic rings. The monoisotopic (exact) mass is 652 g/mol. The summed E-state index contributed by atoms with van der Waals surface area (Å²) in [5, 5.41) is 5.65. The third-order valence-corrected chi connectivity index (χ3v) is 10.0. The molecule has 254 valence electrons. The molecule has 1 aromatic heterocycles. The van der Waals surface area contributed by atoms with Gasteiger partial charge in [0.1, 0.15) is 11.9 Å². The van der Waals surface area contributed by atoms with Gasteiger partial charge in [-0.3, -0.25) is 4.79 Å². The van der Waals surface area contributed by atoms with Gasteiger partial charge in [0.2, 0.25) is 5.91 Å². The van der Waals surface area contributed by atoms with Crippen LogP contribution in [0.2, 0.25) is 0 Å². The van der Waals surface area contributed by atoms with E-state index in [1.807, 2.05) is 32.2 Å². The second kappa shape index (κ2) is 15.1. The molecule has 1 aromatic carbocycles. The summed E-state index contributed by atoms with van der Waals surface area (Å²) in [6, 6.07) is 13.1. The maximum Gasteiger partial charge on any atom is 0.407 e. The number of amides is 2. The molecule has 0 spiro atoms. The number of benzene rings is 1. The zero-order chi connectivity index (χ0) is 33.6. The van der Waals surface area contributed by atoms with Crippen molar-refractivity contribution < 1.29 is 19.1 Å². The fourth-order valence-electron chi connectivity index (χ4n) is 7.35. The van der Waals surface area contributed by atoms with Gasteiger partial charge >= 0.3 is 6.09 Å². The van der Waals surface area contributed by atoms with Gasteiger partial charge < -0.3 is 35.6 Å². The number of ether oxygens (including phenoxy) is 2. The summed E-state index contributed by atoms with van der Waals surface area (Å²) in [7, 11) is 1.29. The summed E-state index contributed by atoms with van der Waals surface area (Å²) in [6.07, 6.45) is 18.1. The van der Waals surface area contributed by atoms with Crippen LogP contribution in [0.5, 0.6) is 0 Å². The van der Waals surface area contributed by atoms with Gasteiger partial charge in [0, 0.05) is 65.9 Å². The van der Waals surface area contributed by atoms with Crippen LogP contribution >= 0.6 is 0 Å². The minimum atomic E-state index is -0.691. The molecule has 6 rings (SSSR count). The van der Waals surface area contributed by atoms with Gasteiger partial charge in [0.05, 0.1) is 20.3 Å². The summed E-state index contributed by atoms with van der Waals surface area (Å²) in [5.41, 5.74) is 11.1. The van der Waals surface area contributed by atoms with Crippen LogP contribution in [0.15, 0.2) is 90.4 Å². The number of hydrogen-bond acceptors (Lipinski definition) is 8. The Morgan fingerprint density at radius 1 is 0.938 bits per heavy atom. The highest BCUT2D eigenvalue weighted by Gasteiger charge is 2.40. The topological polar surface area (TPSA) is 122 Å². The summed E-state index contributed by atoms with van der Waals surface area (Å²) in [4.78, 5) is 34.5. The molecule has 2 amide bonds. The van der Waals surface area contributed by atoms with Crippen molar-refractivity contribution in [3.63, 3.8) is 0 Å². The highest BCUT2D eigenvalue weighted by Crippen LogP contribution is 2.42. The van der Waals surface area contributed by atoms with E-state index < -0.39 is 12.1 Å². The van der Waals surface area contributed by atoms with Crippen molar-refractivity contribution in [1.82, 2.24) is 15.6 Å². The zero-order valence-corrected chi connectivity index (χ0v) is 28.2. The average Bonchev–Trinajstić information content (AvgIpc) is 3.56. The Kier molecular flexibility index (Phi) is 10.5. The molecule has 5 atom stereocenters. The van der Waals surface area contributed by atoms with E-state index in [0.29, 0.717) is 18.0 Å². The number of nitrogens with zero attached hydrogens (tertiary/aromatic N) is 3. The number of nitrogens with one attached hydrogen (secondary N) is 2. The Morgan fingerprint density at radius 3 is 2.17 bits per heavy atom. The molecule has 4 aliphatic rings. The predicted octanol–water partition coefficient (Wildman–Crippen LogP) is 5.30. The average molecular weight is 653 g/mol. The number of carbonyl (C=O) groups excluding carboxylic acids is 2. The van der Waals surface area contributed by atoms with Gasteiger partial charge in [-0.05, 0) is 73.6 Å². The van der Waals surface area contributed by atoms with Crippen LogP contribution in [-0.2, 0) is 14.3 Å². The van der Waals surface area contributed by atoms with Gasteiger partial charge in [-0.1, -0.05) is 50.3 Å². The number of alkyl carbamates (subject to hydrolysis) is 1. The van der Waals surface area contributed by atoms with E-state index in [4.69, 9.17) is 20.2 Å². The molecule has 2 saturated heterocycles. The second-order valence-corrected chi connectivity index (χ2v) is 13.4. The van der Waals surface area contributed by atoms with E-state index in [9.17, 15) is 9.59 Å². The Morgan fingerprint density at radius 2 is 1.60 bits per heavy atom. The molecule has 4 unspecified atom stereocenters. The largest absolute Gasteiger partial charge is 0.453 e. The first-order valence-electron chi connectivity index (χ1n) is 17.2. The van der Waals surface area contributed by atoms with Gasteiger partial charge in [-0.15, -0.1) is 0 Å². The minimum Gasteiger partial charge on any atom is -0.453 e. The third kappa shape index (κ3) is 7.59. The molecule has 10 nitrogen and oxygen atoms in total. The first kappa shape index (κ1) is 33.3. The molecular formula is C38H48N6O4. The smallest absolute Gasteiger partial charge is 0.407 e. The van der Waals surface area contributed by atoms with Crippen molar-refractivity contribution in [2.75, 3.05) is 43.2 Å². The quantitative estimate of drug-likeness (QED) is 0.334. The molecule has 3 heterocycles. The van der Waals surface area contributed by atoms with Crippen molar-refractivity contribution >= 4 is 23.5 Å². The number of anilines is 2.